The van der Waals surface area contributed by atoms with Crippen LogP contribution in [-0.4, -0.2) is 11.6 Å². The number of carbonyl (C=O) groups excluding carboxylic acids is 1. The fraction of sp³-hybridized carbons (Fsp3) is 0.0667. The lowest BCUT2D eigenvalue weighted by Gasteiger charge is -2.01. The van der Waals surface area contributed by atoms with Gasteiger partial charge in [0, 0.05) is 9.13 Å². The molecule has 0 unspecified atom stereocenters. The molecule has 4 heteroatoms. The molecule has 0 radical (unpaired) electrons. The quantitative estimate of drug-likeness (QED) is 0.773. The normalized spacial score (nSPS) is 15.5. The van der Waals surface area contributed by atoms with Crippen molar-refractivity contribution < 1.29 is 4.79 Å². The fourth-order valence-corrected chi connectivity index (χ4v) is 2.49. The second-order valence-electron chi connectivity index (χ2n) is 4.39. The van der Waals surface area contributed by atoms with Gasteiger partial charge in [-0.2, -0.15) is 0 Å². The van der Waals surface area contributed by atoms with Crippen LogP contribution in [0.15, 0.2) is 47.5 Å². The van der Waals surface area contributed by atoms with Gasteiger partial charge in [-0.25, -0.2) is 4.99 Å². The highest BCUT2D eigenvalue weighted by Gasteiger charge is 2.25. The lowest BCUT2D eigenvalue weighted by molar-refractivity contribution is -0.110. The molecule has 0 aliphatic carbocycles. The second kappa shape index (κ2) is 4.77. The SMILES string of the molecule is Cc1ccc(N=C2C(=O)Nc3ccccc32)cc1I. The van der Waals surface area contributed by atoms with Crippen molar-refractivity contribution in [3.8, 4) is 0 Å². The Balaban J connectivity index is 2.08. The van der Waals surface area contributed by atoms with Gasteiger partial charge < -0.3 is 5.32 Å². The van der Waals surface area contributed by atoms with Crippen LogP contribution in [0.1, 0.15) is 11.1 Å². The van der Waals surface area contributed by atoms with Crippen LogP contribution in [0.2, 0.25) is 0 Å². The maximum atomic E-state index is 11.9. The smallest absolute Gasteiger partial charge is 0.275 e. The summed E-state index contributed by atoms with van der Waals surface area (Å²) in [6, 6.07) is 13.5. The summed E-state index contributed by atoms with van der Waals surface area (Å²) < 4.78 is 1.14. The summed E-state index contributed by atoms with van der Waals surface area (Å²) in [7, 11) is 0. The molecule has 1 aliphatic rings. The average Bonchev–Trinajstić information content (AvgIpc) is 2.71. The van der Waals surface area contributed by atoms with Gasteiger partial charge in [0.25, 0.3) is 5.91 Å². The molecule has 2 aromatic rings. The minimum atomic E-state index is -0.142. The van der Waals surface area contributed by atoms with E-state index < -0.39 is 0 Å². The molecule has 0 fully saturated rings. The van der Waals surface area contributed by atoms with Crippen molar-refractivity contribution >= 4 is 45.6 Å². The number of nitrogens with one attached hydrogen (secondary N) is 1. The van der Waals surface area contributed by atoms with Gasteiger partial charge in [-0.05, 0) is 53.3 Å². The number of rotatable bonds is 1. The van der Waals surface area contributed by atoms with Gasteiger partial charge in [0.2, 0.25) is 0 Å². The number of aliphatic imine (C=N–C) groups is 1. The predicted molar refractivity (Wildman–Crippen MR) is 85.2 cm³/mol. The van der Waals surface area contributed by atoms with Crippen molar-refractivity contribution in [3.63, 3.8) is 0 Å². The van der Waals surface area contributed by atoms with Gasteiger partial charge in [0.1, 0.15) is 5.71 Å². The van der Waals surface area contributed by atoms with Gasteiger partial charge in [-0.3, -0.25) is 4.79 Å². The molecule has 3 rings (SSSR count). The summed E-state index contributed by atoms with van der Waals surface area (Å²) in [4.78, 5) is 16.4. The Labute approximate surface area is 124 Å². The minimum Gasteiger partial charge on any atom is -0.320 e. The predicted octanol–water partition coefficient (Wildman–Crippen LogP) is 3.67. The standard InChI is InChI=1S/C15H11IN2O/c1-9-6-7-10(8-12(9)16)17-14-11-4-2-3-5-13(11)18-15(14)19/h2-8H,1H3,(H,17,18,19). The van der Waals surface area contributed by atoms with E-state index in [1.807, 2.05) is 42.5 Å². The molecule has 19 heavy (non-hydrogen) atoms. The van der Waals surface area contributed by atoms with Gasteiger partial charge in [-0.15, -0.1) is 0 Å². The van der Waals surface area contributed by atoms with Crippen LogP contribution < -0.4 is 5.32 Å². The maximum Gasteiger partial charge on any atom is 0.275 e. The van der Waals surface area contributed by atoms with E-state index in [2.05, 4.69) is 39.8 Å². The zero-order valence-corrected chi connectivity index (χ0v) is 12.4. The topological polar surface area (TPSA) is 41.5 Å². The van der Waals surface area contributed by atoms with E-state index in [1.165, 1.54) is 5.56 Å². The number of aryl methyl sites for hydroxylation is 1. The number of hydrogen-bond acceptors (Lipinski definition) is 2. The molecule has 0 saturated heterocycles. The van der Waals surface area contributed by atoms with E-state index >= 15 is 0 Å². The Morgan fingerprint density at radius 3 is 2.74 bits per heavy atom. The molecular formula is C15H11IN2O. The van der Waals surface area contributed by atoms with Crippen LogP contribution >= 0.6 is 22.6 Å². The van der Waals surface area contributed by atoms with Crippen LogP contribution in [0.3, 0.4) is 0 Å². The fourth-order valence-electron chi connectivity index (χ4n) is 1.99. The number of para-hydroxylation sites is 1. The summed E-state index contributed by atoms with van der Waals surface area (Å²) in [6.07, 6.45) is 0. The third-order valence-electron chi connectivity index (χ3n) is 3.04. The first kappa shape index (κ1) is 12.3. The molecule has 1 aliphatic heterocycles. The van der Waals surface area contributed by atoms with Crippen molar-refractivity contribution in [3.05, 3.63) is 57.2 Å². The van der Waals surface area contributed by atoms with Crippen LogP contribution in [-0.2, 0) is 4.79 Å². The van der Waals surface area contributed by atoms with Crippen molar-refractivity contribution in [1.29, 1.82) is 0 Å². The molecule has 0 bridgehead atoms. The van der Waals surface area contributed by atoms with Crippen molar-refractivity contribution in [2.24, 2.45) is 4.99 Å². The molecule has 0 aromatic heterocycles. The number of hydrogen-bond donors (Lipinski definition) is 1. The Morgan fingerprint density at radius 2 is 1.95 bits per heavy atom. The Morgan fingerprint density at radius 1 is 1.16 bits per heavy atom. The number of amides is 1. The van der Waals surface area contributed by atoms with Crippen LogP contribution in [0.4, 0.5) is 11.4 Å². The highest BCUT2D eigenvalue weighted by Crippen LogP contribution is 2.26. The lowest BCUT2D eigenvalue weighted by atomic mass is 10.1. The van der Waals surface area contributed by atoms with E-state index in [1.54, 1.807) is 0 Å². The molecule has 1 N–H and O–H groups in total. The highest BCUT2D eigenvalue weighted by atomic mass is 127. The summed E-state index contributed by atoms with van der Waals surface area (Å²) in [5.74, 6) is -0.142. The van der Waals surface area contributed by atoms with Crippen molar-refractivity contribution in [2.45, 2.75) is 6.92 Å². The van der Waals surface area contributed by atoms with Crippen molar-refractivity contribution in [1.82, 2.24) is 0 Å². The van der Waals surface area contributed by atoms with E-state index in [0.717, 1.165) is 20.5 Å². The Kier molecular flexibility index (Phi) is 3.10. The third-order valence-corrected chi connectivity index (χ3v) is 4.20. The Hall–Kier alpha value is -1.69. The average molecular weight is 362 g/mol. The summed E-state index contributed by atoms with van der Waals surface area (Å²) >= 11 is 2.27. The van der Waals surface area contributed by atoms with Crippen LogP contribution in [0, 0.1) is 10.5 Å². The molecular weight excluding hydrogens is 351 g/mol. The third kappa shape index (κ3) is 2.28. The van der Waals surface area contributed by atoms with Gasteiger partial charge in [-0.1, -0.05) is 24.3 Å². The molecule has 2 aromatic carbocycles. The zero-order chi connectivity index (χ0) is 13.4. The molecule has 94 valence electrons. The van der Waals surface area contributed by atoms with E-state index in [0.29, 0.717) is 5.71 Å². The van der Waals surface area contributed by atoms with Gasteiger partial charge in [0.05, 0.1) is 11.4 Å². The first-order chi connectivity index (χ1) is 9.15. The lowest BCUT2D eigenvalue weighted by Crippen LogP contribution is -2.13. The molecule has 0 atom stereocenters. The molecule has 1 heterocycles. The van der Waals surface area contributed by atoms with Crippen LogP contribution in [0.25, 0.3) is 0 Å². The Bertz CT molecular complexity index is 707. The summed E-state index contributed by atoms with van der Waals surface area (Å²) in [5, 5.41) is 2.82. The van der Waals surface area contributed by atoms with Gasteiger partial charge in [0.15, 0.2) is 0 Å². The van der Waals surface area contributed by atoms with Crippen molar-refractivity contribution in [2.75, 3.05) is 5.32 Å². The van der Waals surface area contributed by atoms with E-state index in [9.17, 15) is 4.79 Å². The first-order valence-electron chi connectivity index (χ1n) is 5.91. The minimum absolute atomic E-state index is 0.142. The molecule has 0 spiro atoms. The molecule has 0 saturated carbocycles. The largest absolute Gasteiger partial charge is 0.320 e. The molecule has 1 amide bonds. The number of carbonyl (C=O) groups is 1. The zero-order valence-electron chi connectivity index (χ0n) is 10.3. The number of anilines is 1. The first-order valence-corrected chi connectivity index (χ1v) is 6.98. The molecule has 3 nitrogen and oxygen atoms in total. The number of halogens is 1. The number of benzene rings is 2. The maximum absolute atomic E-state index is 11.9. The van der Waals surface area contributed by atoms with E-state index in [-0.39, 0.29) is 5.91 Å². The summed E-state index contributed by atoms with van der Waals surface area (Å²) in [6.45, 7) is 2.05. The van der Waals surface area contributed by atoms with E-state index in [4.69, 9.17) is 0 Å². The van der Waals surface area contributed by atoms with Gasteiger partial charge >= 0.3 is 0 Å². The second-order valence-corrected chi connectivity index (χ2v) is 5.56. The monoisotopic (exact) mass is 362 g/mol. The highest BCUT2D eigenvalue weighted by molar-refractivity contribution is 14.1. The van der Waals surface area contributed by atoms with Crippen LogP contribution in [0.5, 0.6) is 0 Å². The number of nitrogens with zero attached hydrogens (tertiary/aromatic N) is 1. The number of fused-ring (bicyclic) bond motifs is 1. The summed E-state index contributed by atoms with van der Waals surface area (Å²) in [5.41, 5.74) is 4.18.